The summed E-state index contributed by atoms with van der Waals surface area (Å²) in [4.78, 5) is 26.7. The molecule has 27 heavy (non-hydrogen) atoms. The molecular formula is C19H24N2O5S. The summed E-state index contributed by atoms with van der Waals surface area (Å²) in [5.74, 6) is -0.389. The second-order valence-corrected chi connectivity index (χ2v) is 9.54. The van der Waals surface area contributed by atoms with E-state index in [-0.39, 0.29) is 23.7 Å². The van der Waals surface area contributed by atoms with Crippen molar-refractivity contribution in [2.75, 3.05) is 19.4 Å². The topological polar surface area (TPSA) is 84.0 Å². The molecule has 4 rings (SSSR count). The SMILES string of the molecule is COC(=O)c1ccc2c(c1)C(=O)N([C@@H]1CCCC[C@H]1N1CCCS1(=O)=O)C2. The lowest BCUT2D eigenvalue weighted by Crippen LogP contribution is -2.53. The lowest BCUT2D eigenvalue weighted by atomic mass is 9.89. The molecule has 0 radical (unpaired) electrons. The van der Waals surface area contributed by atoms with Gasteiger partial charge in [-0.25, -0.2) is 13.2 Å². The van der Waals surface area contributed by atoms with Crippen LogP contribution in [0.5, 0.6) is 0 Å². The highest BCUT2D eigenvalue weighted by atomic mass is 32.2. The molecule has 3 aliphatic rings. The Hall–Kier alpha value is -1.93. The van der Waals surface area contributed by atoms with E-state index in [1.807, 2.05) is 4.90 Å². The largest absolute Gasteiger partial charge is 0.465 e. The van der Waals surface area contributed by atoms with Gasteiger partial charge in [0.2, 0.25) is 10.0 Å². The Morgan fingerprint density at radius 3 is 2.56 bits per heavy atom. The van der Waals surface area contributed by atoms with E-state index < -0.39 is 16.0 Å². The fourth-order valence-electron chi connectivity index (χ4n) is 4.66. The van der Waals surface area contributed by atoms with Crippen LogP contribution < -0.4 is 0 Å². The molecule has 1 saturated carbocycles. The molecule has 0 N–H and O–H groups in total. The molecule has 7 nitrogen and oxygen atoms in total. The Bertz CT molecular complexity index is 882. The van der Waals surface area contributed by atoms with Crippen LogP contribution >= 0.6 is 0 Å². The molecular weight excluding hydrogens is 368 g/mol. The van der Waals surface area contributed by atoms with Crippen molar-refractivity contribution in [3.8, 4) is 0 Å². The van der Waals surface area contributed by atoms with Crippen molar-refractivity contribution in [1.29, 1.82) is 0 Å². The zero-order valence-corrected chi connectivity index (χ0v) is 16.2. The van der Waals surface area contributed by atoms with E-state index >= 15 is 0 Å². The van der Waals surface area contributed by atoms with Gasteiger partial charge in [0.15, 0.2) is 0 Å². The van der Waals surface area contributed by atoms with Crippen molar-refractivity contribution in [2.45, 2.75) is 50.7 Å². The van der Waals surface area contributed by atoms with Crippen molar-refractivity contribution < 1.29 is 22.7 Å². The van der Waals surface area contributed by atoms with Gasteiger partial charge in [-0.2, -0.15) is 4.31 Å². The first-order valence-corrected chi connectivity index (χ1v) is 11.0. The van der Waals surface area contributed by atoms with E-state index in [1.54, 1.807) is 22.5 Å². The minimum absolute atomic E-state index is 0.117. The Morgan fingerprint density at radius 1 is 1.15 bits per heavy atom. The van der Waals surface area contributed by atoms with Gasteiger partial charge in [0.25, 0.3) is 5.91 Å². The molecule has 2 aliphatic heterocycles. The standard InChI is InChI=1S/C19H24N2O5S/c1-26-19(23)13-7-8-14-12-20(18(22)15(14)11-13)16-5-2-3-6-17(16)21-9-4-10-27(21,24)25/h7-8,11,16-17H,2-6,9-10,12H2,1H3/t16-,17-/m1/s1. The summed E-state index contributed by atoms with van der Waals surface area (Å²) in [7, 11) is -1.91. The number of amides is 1. The fourth-order valence-corrected chi connectivity index (χ4v) is 6.45. The number of benzene rings is 1. The number of rotatable bonds is 3. The van der Waals surface area contributed by atoms with E-state index in [2.05, 4.69) is 0 Å². The summed E-state index contributed by atoms with van der Waals surface area (Å²) in [6.07, 6.45) is 4.22. The molecule has 2 heterocycles. The normalized spacial score (nSPS) is 27.6. The number of esters is 1. The highest BCUT2D eigenvalue weighted by Crippen LogP contribution is 2.36. The number of carbonyl (C=O) groups excluding carboxylic acids is 2. The van der Waals surface area contributed by atoms with Crippen LogP contribution in [0.4, 0.5) is 0 Å². The average molecular weight is 392 g/mol. The van der Waals surface area contributed by atoms with Gasteiger partial charge in [0.05, 0.1) is 18.4 Å². The molecule has 0 unspecified atom stereocenters. The Labute approximate surface area is 159 Å². The zero-order chi connectivity index (χ0) is 19.2. The number of sulfonamides is 1. The van der Waals surface area contributed by atoms with Gasteiger partial charge in [-0.15, -0.1) is 0 Å². The third kappa shape index (κ3) is 3.14. The van der Waals surface area contributed by atoms with Crippen molar-refractivity contribution in [2.24, 2.45) is 0 Å². The molecule has 1 aliphatic carbocycles. The number of fused-ring (bicyclic) bond motifs is 1. The predicted molar refractivity (Wildman–Crippen MR) is 98.8 cm³/mol. The summed E-state index contributed by atoms with van der Waals surface area (Å²) in [5, 5.41) is 0. The first-order valence-electron chi connectivity index (χ1n) is 9.44. The lowest BCUT2D eigenvalue weighted by Gasteiger charge is -2.41. The smallest absolute Gasteiger partial charge is 0.337 e. The maximum absolute atomic E-state index is 13.1. The second-order valence-electron chi connectivity index (χ2n) is 7.50. The van der Waals surface area contributed by atoms with Gasteiger partial charge in [-0.05, 0) is 37.0 Å². The van der Waals surface area contributed by atoms with E-state index in [1.165, 1.54) is 7.11 Å². The molecule has 1 aromatic rings. The van der Waals surface area contributed by atoms with Crippen molar-refractivity contribution in [3.63, 3.8) is 0 Å². The maximum Gasteiger partial charge on any atom is 0.337 e. The van der Waals surface area contributed by atoms with Crippen LogP contribution in [0, 0.1) is 0 Å². The Morgan fingerprint density at radius 2 is 1.89 bits per heavy atom. The number of ether oxygens (including phenoxy) is 1. The number of hydrogen-bond donors (Lipinski definition) is 0. The average Bonchev–Trinajstić information content (AvgIpc) is 3.19. The van der Waals surface area contributed by atoms with Crippen molar-refractivity contribution >= 4 is 21.9 Å². The highest BCUT2D eigenvalue weighted by molar-refractivity contribution is 7.89. The van der Waals surface area contributed by atoms with Gasteiger partial charge in [0.1, 0.15) is 0 Å². The monoisotopic (exact) mass is 392 g/mol. The quantitative estimate of drug-likeness (QED) is 0.732. The van der Waals surface area contributed by atoms with Gasteiger partial charge < -0.3 is 9.64 Å². The molecule has 1 aromatic carbocycles. The van der Waals surface area contributed by atoms with Gasteiger partial charge >= 0.3 is 5.97 Å². The van der Waals surface area contributed by atoms with Crippen LogP contribution in [0.25, 0.3) is 0 Å². The minimum atomic E-state index is -3.22. The Balaban J connectivity index is 1.62. The Kier molecular flexibility index (Phi) is 4.71. The number of carbonyl (C=O) groups is 2. The minimum Gasteiger partial charge on any atom is -0.465 e. The van der Waals surface area contributed by atoms with E-state index in [0.717, 1.165) is 31.2 Å². The number of methoxy groups -OCH3 is 1. The maximum atomic E-state index is 13.1. The molecule has 1 amide bonds. The number of nitrogens with zero attached hydrogens (tertiary/aromatic N) is 2. The van der Waals surface area contributed by atoms with Crippen LogP contribution in [0.15, 0.2) is 18.2 Å². The highest BCUT2D eigenvalue weighted by Gasteiger charge is 2.44. The molecule has 146 valence electrons. The van der Waals surface area contributed by atoms with Crippen LogP contribution in [-0.2, 0) is 21.3 Å². The first-order chi connectivity index (χ1) is 12.9. The predicted octanol–water partition coefficient (Wildman–Crippen LogP) is 1.78. The lowest BCUT2D eigenvalue weighted by molar-refractivity contribution is 0.0531. The second kappa shape index (κ2) is 6.91. The molecule has 2 fully saturated rings. The molecule has 8 heteroatoms. The summed E-state index contributed by atoms with van der Waals surface area (Å²) in [6.45, 7) is 1.01. The van der Waals surface area contributed by atoms with Crippen LogP contribution in [0.2, 0.25) is 0 Å². The molecule has 1 saturated heterocycles. The van der Waals surface area contributed by atoms with Crippen LogP contribution in [-0.4, -0.2) is 61.0 Å². The van der Waals surface area contributed by atoms with E-state index in [0.29, 0.717) is 30.6 Å². The first kappa shape index (κ1) is 18.4. The summed E-state index contributed by atoms with van der Waals surface area (Å²) >= 11 is 0. The fraction of sp³-hybridized carbons (Fsp3) is 0.579. The molecule has 0 bridgehead atoms. The van der Waals surface area contributed by atoms with Crippen molar-refractivity contribution in [3.05, 3.63) is 34.9 Å². The van der Waals surface area contributed by atoms with Crippen LogP contribution in [0.3, 0.4) is 0 Å². The van der Waals surface area contributed by atoms with Crippen LogP contribution in [0.1, 0.15) is 58.4 Å². The molecule has 2 atom stereocenters. The summed E-state index contributed by atoms with van der Waals surface area (Å²) in [5.41, 5.74) is 1.75. The summed E-state index contributed by atoms with van der Waals surface area (Å²) in [6, 6.07) is 4.79. The van der Waals surface area contributed by atoms with Gasteiger partial charge in [0, 0.05) is 30.7 Å². The third-order valence-corrected chi connectivity index (χ3v) is 7.94. The molecule has 0 spiro atoms. The third-order valence-electron chi connectivity index (χ3n) is 5.97. The van der Waals surface area contributed by atoms with Crippen molar-refractivity contribution in [1.82, 2.24) is 9.21 Å². The van der Waals surface area contributed by atoms with Gasteiger partial charge in [-0.1, -0.05) is 18.9 Å². The molecule has 0 aromatic heterocycles. The van der Waals surface area contributed by atoms with Gasteiger partial charge in [-0.3, -0.25) is 4.79 Å². The zero-order valence-electron chi connectivity index (χ0n) is 15.4. The summed E-state index contributed by atoms with van der Waals surface area (Å²) < 4.78 is 31.3. The number of hydrogen-bond acceptors (Lipinski definition) is 5. The van der Waals surface area contributed by atoms with E-state index in [4.69, 9.17) is 4.74 Å². The van der Waals surface area contributed by atoms with E-state index in [9.17, 15) is 18.0 Å².